The molecule has 0 atom stereocenters. The van der Waals surface area contributed by atoms with Crippen molar-refractivity contribution >= 4 is 46.6 Å². The molecule has 0 aliphatic carbocycles. The van der Waals surface area contributed by atoms with Gasteiger partial charge in [-0.15, -0.1) is 0 Å². The summed E-state index contributed by atoms with van der Waals surface area (Å²) in [7, 11) is 0. The molecule has 8 nitrogen and oxygen atoms in total. The molecule has 0 aromatic heterocycles. The maximum Gasteiger partial charge on any atom is 0.273 e. The van der Waals surface area contributed by atoms with Crippen molar-refractivity contribution in [3.63, 3.8) is 0 Å². The lowest BCUT2D eigenvalue weighted by molar-refractivity contribution is -0.384. The number of carbonyl (C=O) groups is 1. The number of amides is 1. The number of non-ortho nitro benzene ring substituents is 1. The van der Waals surface area contributed by atoms with Gasteiger partial charge in [0.2, 0.25) is 0 Å². The number of carbonyl (C=O) groups excluding carboxylic acids is 1. The summed E-state index contributed by atoms with van der Waals surface area (Å²) < 4.78 is 5.70. The third-order valence-electron chi connectivity index (χ3n) is 4.41. The molecule has 0 unspecified atom stereocenters. The SMILES string of the molecule is N#CC(=Cc1ccc(OCc2ccc(Cl)cc2Cl)cc1)C(=O)Nc1ccc([N+](=O)[O-])cc1O. The zero-order chi connectivity index (χ0) is 24.0. The van der Waals surface area contributed by atoms with Crippen molar-refractivity contribution in [2.45, 2.75) is 6.61 Å². The van der Waals surface area contributed by atoms with Crippen LogP contribution in [0.2, 0.25) is 10.0 Å². The number of rotatable bonds is 7. The van der Waals surface area contributed by atoms with Crippen LogP contribution in [0.15, 0.2) is 66.2 Å². The monoisotopic (exact) mass is 483 g/mol. The van der Waals surface area contributed by atoms with Crippen molar-refractivity contribution in [3.8, 4) is 17.6 Å². The quantitative estimate of drug-likeness (QED) is 0.145. The van der Waals surface area contributed by atoms with Crippen molar-refractivity contribution in [2.24, 2.45) is 0 Å². The van der Waals surface area contributed by atoms with Gasteiger partial charge in [0.25, 0.3) is 11.6 Å². The second kappa shape index (κ2) is 10.5. The standard InChI is InChI=1S/C23H15Cl2N3O5/c24-17-4-3-15(20(25)10-17)13-33-19-6-1-14(2-7-19)9-16(12-26)23(30)27-21-8-5-18(28(31)32)11-22(21)29/h1-11,29H,13H2,(H,27,30). The molecule has 0 aliphatic rings. The lowest BCUT2D eigenvalue weighted by atomic mass is 10.1. The molecule has 33 heavy (non-hydrogen) atoms. The normalized spacial score (nSPS) is 10.9. The fourth-order valence-corrected chi connectivity index (χ4v) is 3.17. The smallest absolute Gasteiger partial charge is 0.273 e. The fourth-order valence-electron chi connectivity index (χ4n) is 2.70. The molecule has 0 saturated carbocycles. The number of ether oxygens (including phenoxy) is 1. The highest BCUT2D eigenvalue weighted by Gasteiger charge is 2.15. The van der Waals surface area contributed by atoms with Gasteiger partial charge in [-0.05, 0) is 42.0 Å². The minimum absolute atomic E-state index is 0.0589. The molecule has 3 aromatic carbocycles. The highest BCUT2D eigenvalue weighted by atomic mass is 35.5. The number of aromatic hydroxyl groups is 1. The van der Waals surface area contributed by atoms with Crippen LogP contribution in [0.1, 0.15) is 11.1 Å². The summed E-state index contributed by atoms with van der Waals surface area (Å²) in [6.07, 6.45) is 1.36. The van der Waals surface area contributed by atoms with Crippen LogP contribution >= 0.6 is 23.2 Å². The lowest BCUT2D eigenvalue weighted by Crippen LogP contribution is -2.13. The van der Waals surface area contributed by atoms with Gasteiger partial charge < -0.3 is 15.2 Å². The Kier molecular flexibility index (Phi) is 7.51. The van der Waals surface area contributed by atoms with E-state index in [0.717, 1.165) is 17.7 Å². The number of nitro groups is 1. The first-order valence-corrected chi connectivity index (χ1v) is 10.1. The van der Waals surface area contributed by atoms with E-state index in [1.54, 1.807) is 48.5 Å². The van der Waals surface area contributed by atoms with E-state index in [1.807, 2.05) is 0 Å². The molecule has 0 aliphatic heterocycles. The summed E-state index contributed by atoms with van der Waals surface area (Å²) in [5.74, 6) is -0.714. The first kappa shape index (κ1) is 23.6. The van der Waals surface area contributed by atoms with Crippen LogP contribution in [-0.2, 0) is 11.4 Å². The fraction of sp³-hybridized carbons (Fsp3) is 0.0435. The van der Waals surface area contributed by atoms with E-state index >= 15 is 0 Å². The highest BCUT2D eigenvalue weighted by molar-refractivity contribution is 6.35. The predicted octanol–water partition coefficient (Wildman–Crippen LogP) is 5.73. The summed E-state index contributed by atoms with van der Waals surface area (Å²) >= 11 is 12.0. The molecule has 0 saturated heterocycles. The largest absolute Gasteiger partial charge is 0.506 e. The summed E-state index contributed by atoms with van der Waals surface area (Å²) in [5, 5.41) is 33.4. The van der Waals surface area contributed by atoms with Crippen LogP contribution in [0.3, 0.4) is 0 Å². The van der Waals surface area contributed by atoms with E-state index in [1.165, 1.54) is 12.1 Å². The summed E-state index contributed by atoms with van der Waals surface area (Å²) in [6, 6.07) is 16.8. The summed E-state index contributed by atoms with van der Waals surface area (Å²) in [5.41, 5.74) is 0.711. The van der Waals surface area contributed by atoms with Crippen molar-refractivity contribution < 1.29 is 19.6 Å². The van der Waals surface area contributed by atoms with Crippen molar-refractivity contribution in [1.29, 1.82) is 5.26 Å². The summed E-state index contributed by atoms with van der Waals surface area (Å²) in [6.45, 7) is 0.232. The maximum atomic E-state index is 12.4. The van der Waals surface area contributed by atoms with Crippen molar-refractivity contribution in [2.75, 3.05) is 5.32 Å². The molecule has 166 valence electrons. The van der Waals surface area contributed by atoms with Gasteiger partial charge in [0.05, 0.1) is 16.7 Å². The molecular weight excluding hydrogens is 469 g/mol. The number of hydrogen-bond acceptors (Lipinski definition) is 6. The molecule has 1 amide bonds. The number of nitriles is 1. The third kappa shape index (κ3) is 6.23. The Morgan fingerprint density at radius 1 is 1.15 bits per heavy atom. The average molecular weight is 484 g/mol. The van der Waals surface area contributed by atoms with Crippen LogP contribution in [0.4, 0.5) is 11.4 Å². The van der Waals surface area contributed by atoms with Gasteiger partial charge in [-0.2, -0.15) is 5.26 Å². The Morgan fingerprint density at radius 3 is 2.48 bits per heavy atom. The van der Waals surface area contributed by atoms with Gasteiger partial charge >= 0.3 is 0 Å². The van der Waals surface area contributed by atoms with Crippen LogP contribution in [0, 0.1) is 21.4 Å². The van der Waals surface area contributed by atoms with Gasteiger partial charge in [0.15, 0.2) is 0 Å². The number of anilines is 1. The molecule has 0 spiro atoms. The Morgan fingerprint density at radius 2 is 1.88 bits per heavy atom. The van der Waals surface area contributed by atoms with Gasteiger partial charge in [-0.25, -0.2) is 0 Å². The molecule has 0 fully saturated rings. The van der Waals surface area contributed by atoms with Gasteiger partial charge in [-0.1, -0.05) is 41.4 Å². The van der Waals surface area contributed by atoms with Gasteiger partial charge in [0.1, 0.15) is 29.7 Å². The molecule has 0 radical (unpaired) electrons. The summed E-state index contributed by atoms with van der Waals surface area (Å²) in [4.78, 5) is 22.5. The molecule has 0 heterocycles. The van der Waals surface area contributed by atoms with E-state index in [2.05, 4.69) is 5.32 Å². The molecule has 3 rings (SSSR count). The number of nitrogens with zero attached hydrogens (tertiary/aromatic N) is 2. The average Bonchev–Trinajstić information content (AvgIpc) is 2.78. The number of phenolic OH excluding ortho intramolecular Hbond substituents is 1. The maximum absolute atomic E-state index is 12.4. The Labute approximate surface area is 198 Å². The highest BCUT2D eigenvalue weighted by Crippen LogP contribution is 2.28. The number of nitro benzene ring substituents is 1. The Balaban J connectivity index is 1.67. The topological polar surface area (TPSA) is 125 Å². The second-order valence-corrected chi connectivity index (χ2v) is 7.52. The van der Waals surface area contributed by atoms with Crippen LogP contribution in [-0.4, -0.2) is 15.9 Å². The number of hydrogen-bond donors (Lipinski definition) is 2. The molecule has 3 aromatic rings. The van der Waals surface area contributed by atoms with Crippen LogP contribution in [0.5, 0.6) is 11.5 Å². The lowest BCUT2D eigenvalue weighted by Gasteiger charge is -2.09. The van der Waals surface area contributed by atoms with E-state index in [4.69, 9.17) is 27.9 Å². The van der Waals surface area contributed by atoms with Crippen LogP contribution < -0.4 is 10.1 Å². The van der Waals surface area contributed by atoms with Gasteiger partial charge in [-0.3, -0.25) is 14.9 Å². The van der Waals surface area contributed by atoms with E-state index in [0.29, 0.717) is 21.4 Å². The zero-order valence-electron chi connectivity index (χ0n) is 16.8. The number of halogens is 2. The number of nitrogens with one attached hydrogen (secondary N) is 1. The van der Waals surface area contributed by atoms with E-state index < -0.39 is 16.6 Å². The zero-order valence-corrected chi connectivity index (χ0v) is 18.3. The predicted molar refractivity (Wildman–Crippen MR) is 124 cm³/mol. The Hall–Kier alpha value is -4.06. The van der Waals surface area contributed by atoms with E-state index in [-0.39, 0.29) is 23.6 Å². The van der Waals surface area contributed by atoms with E-state index in [9.17, 15) is 25.3 Å². The Bertz CT molecular complexity index is 1280. The van der Waals surface area contributed by atoms with Gasteiger partial charge in [0, 0.05) is 21.7 Å². The number of phenols is 1. The minimum atomic E-state index is -0.778. The van der Waals surface area contributed by atoms with Crippen molar-refractivity contribution in [1.82, 2.24) is 0 Å². The molecular formula is C23H15Cl2N3O5. The molecule has 0 bridgehead atoms. The first-order valence-electron chi connectivity index (χ1n) is 9.34. The molecule has 2 N–H and O–H groups in total. The first-order chi connectivity index (χ1) is 15.8. The third-order valence-corrected chi connectivity index (χ3v) is 4.99. The van der Waals surface area contributed by atoms with Crippen LogP contribution in [0.25, 0.3) is 6.08 Å². The number of benzene rings is 3. The molecule has 10 heteroatoms. The second-order valence-electron chi connectivity index (χ2n) is 6.68. The van der Waals surface area contributed by atoms with Crippen molar-refractivity contribution in [3.05, 3.63) is 97.5 Å². The minimum Gasteiger partial charge on any atom is -0.506 e.